The van der Waals surface area contributed by atoms with Gasteiger partial charge in [-0.2, -0.15) is 5.26 Å². The first kappa shape index (κ1) is 12.9. The second-order valence-corrected chi connectivity index (χ2v) is 5.17. The third-order valence-electron chi connectivity index (χ3n) is 3.58. The number of nitrogens with one attached hydrogen (secondary N) is 1. The Balaban J connectivity index is 2.09. The first-order chi connectivity index (χ1) is 8.59. The van der Waals surface area contributed by atoms with Crippen molar-refractivity contribution in [2.45, 2.75) is 32.2 Å². The van der Waals surface area contributed by atoms with E-state index in [4.69, 9.17) is 16.9 Å². The summed E-state index contributed by atoms with van der Waals surface area (Å²) in [6, 6.07) is 9.37. The molecule has 3 nitrogen and oxygen atoms in total. The van der Waals surface area contributed by atoms with Crippen LogP contribution in [-0.2, 0) is 4.79 Å². The quantitative estimate of drug-likeness (QED) is 0.909. The predicted molar refractivity (Wildman–Crippen MR) is 69.9 cm³/mol. The van der Waals surface area contributed by atoms with Crippen LogP contribution in [0.25, 0.3) is 0 Å². The zero-order valence-corrected chi connectivity index (χ0v) is 11.0. The lowest BCUT2D eigenvalue weighted by molar-refractivity contribution is -0.132. The van der Waals surface area contributed by atoms with Crippen LogP contribution in [0.4, 0.5) is 0 Å². The summed E-state index contributed by atoms with van der Waals surface area (Å²) in [4.78, 5) is 12.1. The smallest absolute Gasteiger partial charge is 0.240 e. The summed E-state index contributed by atoms with van der Waals surface area (Å²) in [5.74, 6) is -0.177. The van der Waals surface area contributed by atoms with Gasteiger partial charge < -0.3 is 5.32 Å². The molecule has 0 heterocycles. The maximum atomic E-state index is 12.1. The minimum absolute atomic E-state index is 0.177. The van der Waals surface area contributed by atoms with E-state index < -0.39 is 5.41 Å². The molecule has 1 saturated carbocycles. The van der Waals surface area contributed by atoms with Crippen molar-refractivity contribution >= 4 is 17.5 Å². The summed E-state index contributed by atoms with van der Waals surface area (Å²) in [5, 5.41) is 12.6. The molecule has 1 amide bonds. The second kappa shape index (κ2) is 4.99. The SMILES string of the molecule is CC(NC(=O)C1(C#N)CCC1)c1ccccc1Cl. The normalized spacial score (nSPS) is 18.3. The van der Waals surface area contributed by atoms with E-state index in [-0.39, 0.29) is 11.9 Å². The molecule has 0 saturated heterocycles. The van der Waals surface area contributed by atoms with Crippen LogP contribution >= 0.6 is 11.6 Å². The van der Waals surface area contributed by atoms with Crippen LogP contribution < -0.4 is 5.32 Å². The van der Waals surface area contributed by atoms with Gasteiger partial charge in [0.2, 0.25) is 5.91 Å². The van der Waals surface area contributed by atoms with Crippen LogP contribution in [0.5, 0.6) is 0 Å². The van der Waals surface area contributed by atoms with Crippen LogP contribution in [-0.4, -0.2) is 5.91 Å². The highest BCUT2D eigenvalue weighted by molar-refractivity contribution is 6.31. The summed E-state index contributed by atoms with van der Waals surface area (Å²) in [6.45, 7) is 1.88. The van der Waals surface area contributed by atoms with Crippen LogP contribution in [0, 0.1) is 16.7 Å². The Kier molecular flexibility index (Phi) is 3.58. The third-order valence-corrected chi connectivity index (χ3v) is 3.92. The molecule has 1 unspecified atom stereocenters. The lowest BCUT2D eigenvalue weighted by Crippen LogP contribution is -2.45. The van der Waals surface area contributed by atoms with Gasteiger partial charge in [0.05, 0.1) is 12.1 Å². The van der Waals surface area contributed by atoms with Gasteiger partial charge in [-0.25, -0.2) is 0 Å². The molecule has 0 spiro atoms. The van der Waals surface area contributed by atoms with Crippen molar-refractivity contribution in [1.82, 2.24) is 5.32 Å². The van der Waals surface area contributed by atoms with Gasteiger partial charge in [0.15, 0.2) is 0 Å². The molecule has 1 aromatic carbocycles. The standard InChI is InChI=1S/C14H15ClN2O/c1-10(11-5-2-3-6-12(11)15)17-13(18)14(9-16)7-4-8-14/h2-3,5-6,10H,4,7-8H2,1H3,(H,17,18). The number of hydrogen-bond acceptors (Lipinski definition) is 2. The van der Waals surface area contributed by atoms with Crippen LogP contribution in [0.2, 0.25) is 5.02 Å². The number of nitriles is 1. The van der Waals surface area contributed by atoms with E-state index in [1.54, 1.807) is 6.07 Å². The molecule has 0 bridgehead atoms. The lowest BCUT2D eigenvalue weighted by atomic mass is 9.69. The molecule has 1 aliphatic carbocycles. The Hall–Kier alpha value is -1.53. The number of carbonyl (C=O) groups excluding carboxylic acids is 1. The van der Waals surface area contributed by atoms with Crippen molar-refractivity contribution in [1.29, 1.82) is 5.26 Å². The number of benzene rings is 1. The molecule has 94 valence electrons. The molecule has 4 heteroatoms. The second-order valence-electron chi connectivity index (χ2n) is 4.76. The summed E-state index contributed by atoms with van der Waals surface area (Å²) in [5.41, 5.74) is 0.0649. The highest BCUT2D eigenvalue weighted by Crippen LogP contribution is 2.41. The number of nitrogens with zero attached hydrogens (tertiary/aromatic N) is 1. The summed E-state index contributed by atoms with van der Waals surface area (Å²) >= 11 is 6.08. The van der Waals surface area contributed by atoms with E-state index in [0.29, 0.717) is 17.9 Å². The van der Waals surface area contributed by atoms with Gasteiger partial charge in [-0.3, -0.25) is 4.79 Å². The maximum absolute atomic E-state index is 12.1. The number of rotatable bonds is 3. The molecule has 0 radical (unpaired) electrons. The minimum Gasteiger partial charge on any atom is -0.348 e. The van der Waals surface area contributed by atoms with E-state index >= 15 is 0 Å². The van der Waals surface area contributed by atoms with Gasteiger partial charge in [-0.1, -0.05) is 29.8 Å². The van der Waals surface area contributed by atoms with Gasteiger partial charge in [0.1, 0.15) is 5.41 Å². The molecule has 1 aromatic rings. The van der Waals surface area contributed by atoms with Gasteiger partial charge in [0.25, 0.3) is 0 Å². The molecule has 0 aliphatic heterocycles. The highest BCUT2D eigenvalue weighted by atomic mass is 35.5. The Bertz CT molecular complexity index is 503. The van der Waals surface area contributed by atoms with E-state index in [0.717, 1.165) is 12.0 Å². The number of amides is 1. The van der Waals surface area contributed by atoms with E-state index in [2.05, 4.69) is 11.4 Å². The first-order valence-corrected chi connectivity index (χ1v) is 6.43. The van der Waals surface area contributed by atoms with Crippen molar-refractivity contribution in [2.75, 3.05) is 0 Å². The molecular formula is C14H15ClN2O. The number of hydrogen-bond donors (Lipinski definition) is 1. The zero-order valence-electron chi connectivity index (χ0n) is 10.2. The average Bonchev–Trinajstić information content (AvgIpc) is 2.28. The van der Waals surface area contributed by atoms with E-state index in [9.17, 15) is 4.79 Å². The monoisotopic (exact) mass is 262 g/mol. The van der Waals surface area contributed by atoms with Gasteiger partial charge in [-0.15, -0.1) is 0 Å². The molecule has 1 aliphatic rings. The molecule has 1 N–H and O–H groups in total. The highest BCUT2D eigenvalue weighted by Gasteiger charge is 2.45. The van der Waals surface area contributed by atoms with Crippen molar-refractivity contribution in [3.05, 3.63) is 34.9 Å². The molecule has 2 rings (SSSR count). The predicted octanol–water partition coefficient (Wildman–Crippen LogP) is 3.21. The molecule has 1 atom stereocenters. The van der Waals surface area contributed by atoms with Crippen molar-refractivity contribution in [3.8, 4) is 6.07 Å². The fourth-order valence-corrected chi connectivity index (χ4v) is 2.46. The number of carbonyl (C=O) groups is 1. The van der Waals surface area contributed by atoms with Crippen molar-refractivity contribution < 1.29 is 4.79 Å². The largest absolute Gasteiger partial charge is 0.348 e. The Morgan fingerprint density at radius 1 is 1.50 bits per heavy atom. The molecular weight excluding hydrogens is 248 g/mol. The topological polar surface area (TPSA) is 52.9 Å². The fourth-order valence-electron chi connectivity index (χ4n) is 2.16. The summed E-state index contributed by atoms with van der Waals surface area (Å²) in [7, 11) is 0. The Labute approximate surface area is 112 Å². The molecule has 18 heavy (non-hydrogen) atoms. The van der Waals surface area contributed by atoms with Crippen LogP contribution in [0.1, 0.15) is 37.8 Å². The van der Waals surface area contributed by atoms with Crippen LogP contribution in [0.3, 0.4) is 0 Å². The van der Waals surface area contributed by atoms with E-state index in [1.807, 2.05) is 25.1 Å². The van der Waals surface area contributed by atoms with Crippen LogP contribution in [0.15, 0.2) is 24.3 Å². The summed E-state index contributed by atoms with van der Waals surface area (Å²) in [6.07, 6.45) is 2.26. The Morgan fingerprint density at radius 2 is 2.17 bits per heavy atom. The maximum Gasteiger partial charge on any atom is 0.240 e. The number of halogens is 1. The van der Waals surface area contributed by atoms with Crippen molar-refractivity contribution in [2.24, 2.45) is 5.41 Å². The van der Waals surface area contributed by atoms with Crippen molar-refractivity contribution in [3.63, 3.8) is 0 Å². The fraction of sp³-hybridized carbons (Fsp3) is 0.429. The Morgan fingerprint density at radius 3 is 2.67 bits per heavy atom. The first-order valence-electron chi connectivity index (χ1n) is 6.06. The summed E-state index contributed by atoms with van der Waals surface area (Å²) < 4.78 is 0. The average molecular weight is 263 g/mol. The van der Waals surface area contributed by atoms with E-state index in [1.165, 1.54) is 0 Å². The minimum atomic E-state index is -0.810. The molecule has 1 fully saturated rings. The van der Waals surface area contributed by atoms with Gasteiger partial charge >= 0.3 is 0 Å². The van der Waals surface area contributed by atoms with Gasteiger partial charge in [0, 0.05) is 5.02 Å². The molecule has 0 aromatic heterocycles. The zero-order chi connectivity index (χ0) is 13.2. The third kappa shape index (κ3) is 2.21. The van der Waals surface area contributed by atoms with Gasteiger partial charge in [-0.05, 0) is 37.8 Å². The lowest BCUT2D eigenvalue weighted by Gasteiger charge is -2.34.